The van der Waals surface area contributed by atoms with E-state index in [1.807, 2.05) is 24.3 Å². The average molecular weight is 348 g/mol. The topological polar surface area (TPSA) is 123 Å². The number of benzene rings is 2. The lowest BCUT2D eigenvalue weighted by Crippen LogP contribution is -2.26. The minimum Gasteiger partial charge on any atom is -0.507 e. The van der Waals surface area contributed by atoms with Crippen LogP contribution in [0.25, 0.3) is 11.1 Å². The third-order valence-electron chi connectivity index (χ3n) is 2.65. The largest absolute Gasteiger partial charge is 0.507 e. The Kier molecular flexibility index (Phi) is 4.44. The summed E-state index contributed by atoms with van der Waals surface area (Å²) in [5.74, 6) is -0.0987. The maximum atomic E-state index is 10.00. The summed E-state index contributed by atoms with van der Waals surface area (Å²) in [4.78, 5) is 7.89. The number of nitrogens with zero attached hydrogens (tertiary/aromatic N) is 2. The van der Waals surface area contributed by atoms with Gasteiger partial charge in [-0.05, 0) is 28.1 Å². The van der Waals surface area contributed by atoms with E-state index in [4.69, 9.17) is 17.2 Å². The molecule has 0 amide bonds. The van der Waals surface area contributed by atoms with Gasteiger partial charge >= 0.3 is 0 Å². The van der Waals surface area contributed by atoms with Crippen LogP contribution in [-0.2, 0) is 0 Å². The summed E-state index contributed by atoms with van der Waals surface area (Å²) in [5, 5.41) is 10.00. The fourth-order valence-electron chi connectivity index (χ4n) is 1.82. The minimum absolute atomic E-state index is 0.0708. The van der Waals surface area contributed by atoms with Crippen molar-refractivity contribution in [3.8, 4) is 16.9 Å². The first-order valence-corrected chi connectivity index (χ1v) is 6.79. The summed E-state index contributed by atoms with van der Waals surface area (Å²) in [6.45, 7) is 0. The lowest BCUT2D eigenvalue weighted by atomic mass is 10.0. The van der Waals surface area contributed by atoms with Crippen LogP contribution in [-0.4, -0.2) is 17.0 Å². The molecule has 0 spiro atoms. The Labute approximate surface area is 130 Å². The summed E-state index contributed by atoms with van der Waals surface area (Å²) in [6, 6.07) is 12.4. The maximum Gasteiger partial charge on any atom is 0.223 e. The van der Waals surface area contributed by atoms with Crippen molar-refractivity contribution in [3.63, 3.8) is 0 Å². The van der Waals surface area contributed by atoms with E-state index in [0.717, 1.165) is 0 Å². The van der Waals surface area contributed by atoms with Crippen LogP contribution in [0.3, 0.4) is 0 Å². The quantitative estimate of drug-likeness (QED) is 0.490. The zero-order valence-corrected chi connectivity index (χ0v) is 12.6. The number of nitrogens with two attached hydrogens (primary N) is 3. The van der Waals surface area contributed by atoms with Crippen LogP contribution in [0.4, 0.5) is 5.69 Å². The molecule has 0 heterocycles. The van der Waals surface area contributed by atoms with Gasteiger partial charge in [-0.1, -0.05) is 30.3 Å². The number of para-hydroxylation sites is 2. The third-order valence-corrected chi connectivity index (χ3v) is 3.29. The first kappa shape index (κ1) is 14.9. The molecule has 0 radical (unpaired) electrons. The van der Waals surface area contributed by atoms with Crippen LogP contribution in [0, 0.1) is 0 Å². The molecule has 108 valence electrons. The van der Waals surface area contributed by atoms with Crippen molar-refractivity contribution in [1.82, 2.24) is 0 Å². The van der Waals surface area contributed by atoms with Gasteiger partial charge < -0.3 is 22.3 Å². The Hall–Kier alpha value is -2.54. The molecule has 0 fully saturated rings. The Bertz CT molecular complexity index is 723. The molecule has 0 aliphatic heterocycles. The minimum atomic E-state index is -0.174. The number of halogens is 1. The van der Waals surface area contributed by atoms with Crippen molar-refractivity contribution in [2.45, 2.75) is 0 Å². The lowest BCUT2D eigenvalue weighted by molar-refractivity contribution is 0.477. The van der Waals surface area contributed by atoms with Crippen LogP contribution in [0.2, 0.25) is 0 Å². The second-order valence-electron chi connectivity index (χ2n) is 4.16. The summed E-state index contributed by atoms with van der Waals surface area (Å²) in [5.41, 5.74) is 18.1. The highest BCUT2D eigenvalue weighted by Crippen LogP contribution is 2.40. The van der Waals surface area contributed by atoms with E-state index in [1.54, 1.807) is 18.2 Å². The van der Waals surface area contributed by atoms with Crippen molar-refractivity contribution in [1.29, 1.82) is 0 Å². The highest BCUT2D eigenvalue weighted by molar-refractivity contribution is 9.10. The van der Waals surface area contributed by atoms with Gasteiger partial charge in [-0.15, -0.1) is 0 Å². The summed E-state index contributed by atoms with van der Waals surface area (Å²) >= 11 is 3.41. The van der Waals surface area contributed by atoms with Gasteiger partial charge in [0.05, 0.1) is 5.69 Å². The van der Waals surface area contributed by atoms with E-state index >= 15 is 0 Å². The van der Waals surface area contributed by atoms with E-state index in [1.165, 1.54) is 0 Å². The standard InChI is InChI=1S/C14H14BrN5O/c15-10-6-3-5-9(8-4-1-2-7-11(8)21)12(10)19-14(18)20-13(16)17/h1-7,21H,(H6,16,17,18,19,20). The summed E-state index contributed by atoms with van der Waals surface area (Å²) in [7, 11) is 0. The highest BCUT2D eigenvalue weighted by atomic mass is 79.9. The molecule has 0 saturated heterocycles. The van der Waals surface area contributed by atoms with E-state index in [0.29, 0.717) is 21.3 Å². The molecule has 2 rings (SSSR count). The van der Waals surface area contributed by atoms with Gasteiger partial charge in [0.25, 0.3) is 0 Å². The molecule has 0 atom stereocenters. The molecule has 0 aromatic heterocycles. The number of guanidine groups is 2. The molecule has 0 aliphatic carbocycles. The molecule has 6 nitrogen and oxygen atoms in total. The van der Waals surface area contributed by atoms with E-state index in [9.17, 15) is 5.11 Å². The Morgan fingerprint density at radius 3 is 2.29 bits per heavy atom. The van der Waals surface area contributed by atoms with Gasteiger partial charge in [-0.3, -0.25) is 0 Å². The number of hydrogen-bond acceptors (Lipinski definition) is 2. The molecule has 0 saturated carbocycles. The molecule has 0 aliphatic rings. The van der Waals surface area contributed by atoms with Crippen LogP contribution in [0.5, 0.6) is 5.75 Å². The van der Waals surface area contributed by atoms with Crippen LogP contribution < -0.4 is 17.2 Å². The lowest BCUT2D eigenvalue weighted by Gasteiger charge is -2.09. The smallest absolute Gasteiger partial charge is 0.223 e. The molecule has 0 unspecified atom stereocenters. The van der Waals surface area contributed by atoms with Gasteiger partial charge in [-0.2, -0.15) is 4.99 Å². The summed E-state index contributed by atoms with van der Waals surface area (Å²) < 4.78 is 0.706. The molecular formula is C14H14BrN5O. The van der Waals surface area contributed by atoms with Crippen molar-refractivity contribution in [2.75, 3.05) is 0 Å². The number of aromatic hydroxyl groups is 1. The zero-order chi connectivity index (χ0) is 15.4. The fraction of sp³-hybridized carbons (Fsp3) is 0. The molecule has 21 heavy (non-hydrogen) atoms. The van der Waals surface area contributed by atoms with Crippen molar-refractivity contribution < 1.29 is 5.11 Å². The Morgan fingerprint density at radius 1 is 0.952 bits per heavy atom. The number of phenolic OH excluding ortho intramolecular Hbond substituents is 1. The molecule has 2 aromatic carbocycles. The van der Waals surface area contributed by atoms with Gasteiger partial charge in [0.1, 0.15) is 5.75 Å². The van der Waals surface area contributed by atoms with Crippen molar-refractivity contribution in [3.05, 3.63) is 46.9 Å². The second kappa shape index (κ2) is 6.27. The molecular weight excluding hydrogens is 334 g/mol. The van der Waals surface area contributed by atoms with Crippen molar-refractivity contribution >= 4 is 33.5 Å². The average Bonchev–Trinajstić information content (AvgIpc) is 2.41. The zero-order valence-electron chi connectivity index (χ0n) is 11.0. The Morgan fingerprint density at radius 2 is 1.62 bits per heavy atom. The van der Waals surface area contributed by atoms with Gasteiger partial charge in [-0.25, -0.2) is 4.99 Å². The molecule has 2 aromatic rings. The third kappa shape index (κ3) is 3.51. The fourth-order valence-corrected chi connectivity index (χ4v) is 2.27. The molecule has 0 bridgehead atoms. The monoisotopic (exact) mass is 347 g/mol. The van der Waals surface area contributed by atoms with Gasteiger partial charge in [0, 0.05) is 15.6 Å². The van der Waals surface area contributed by atoms with E-state index in [2.05, 4.69) is 25.9 Å². The molecule has 7 N–H and O–H groups in total. The number of aliphatic imine (C=N–C) groups is 2. The first-order chi connectivity index (χ1) is 9.99. The van der Waals surface area contributed by atoms with Crippen LogP contribution in [0.15, 0.2) is 56.9 Å². The van der Waals surface area contributed by atoms with Crippen LogP contribution >= 0.6 is 15.9 Å². The second-order valence-corrected chi connectivity index (χ2v) is 5.01. The van der Waals surface area contributed by atoms with Crippen molar-refractivity contribution in [2.24, 2.45) is 27.2 Å². The predicted octanol–water partition coefficient (Wildman–Crippen LogP) is 2.04. The van der Waals surface area contributed by atoms with E-state index < -0.39 is 0 Å². The van der Waals surface area contributed by atoms with E-state index in [-0.39, 0.29) is 17.7 Å². The van der Waals surface area contributed by atoms with Crippen LogP contribution in [0.1, 0.15) is 0 Å². The Balaban J connectivity index is 2.62. The predicted molar refractivity (Wildman–Crippen MR) is 88.3 cm³/mol. The number of phenols is 1. The van der Waals surface area contributed by atoms with Gasteiger partial charge in [0.2, 0.25) is 5.96 Å². The summed E-state index contributed by atoms with van der Waals surface area (Å²) in [6.07, 6.45) is 0. The number of rotatable bonds is 2. The first-order valence-electron chi connectivity index (χ1n) is 5.99. The normalized spacial score (nSPS) is 11.2. The number of hydrogen-bond donors (Lipinski definition) is 4. The maximum absolute atomic E-state index is 10.00. The SMILES string of the molecule is NC(N)=NC(N)=Nc1c(Br)cccc1-c1ccccc1O. The molecule has 7 heteroatoms. The van der Waals surface area contributed by atoms with Gasteiger partial charge in [0.15, 0.2) is 5.96 Å². The highest BCUT2D eigenvalue weighted by Gasteiger charge is 2.11.